The zero-order valence-corrected chi connectivity index (χ0v) is 21.8. The lowest BCUT2D eigenvalue weighted by Gasteiger charge is -2.26. The third-order valence-electron chi connectivity index (χ3n) is 5.95. The van der Waals surface area contributed by atoms with Crippen LogP contribution in [0.1, 0.15) is 19.4 Å². The standard InChI is InChI=1S/C24H31N5O6S/c1-5-34-17-8-7-16(13-18(17)35-6-2)14-29-20-21(26(3)24(32)27(4)22(20)31)25-23(29)36-15-19(30)28-9-11-33-12-10-28/h7-8,13H,5-6,9-12,14-15H2,1-4H3. The molecule has 0 saturated carbocycles. The van der Waals surface area contributed by atoms with E-state index >= 15 is 0 Å². The second-order valence-corrected chi connectivity index (χ2v) is 9.23. The van der Waals surface area contributed by atoms with Gasteiger partial charge in [-0.1, -0.05) is 17.8 Å². The number of aromatic nitrogens is 4. The first kappa shape index (κ1) is 25.8. The largest absolute Gasteiger partial charge is 0.490 e. The van der Waals surface area contributed by atoms with Crippen LogP contribution < -0.4 is 20.7 Å². The van der Waals surface area contributed by atoms with E-state index in [4.69, 9.17) is 14.2 Å². The molecule has 0 radical (unpaired) electrons. The highest BCUT2D eigenvalue weighted by molar-refractivity contribution is 7.99. The van der Waals surface area contributed by atoms with Crippen molar-refractivity contribution in [1.29, 1.82) is 0 Å². The number of morpholine rings is 1. The Morgan fingerprint density at radius 1 is 1.06 bits per heavy atom. The topological polar surface area (TPSA) is 110 Å². The number of thioether (sulfide) groups is 1. The van der Waals surface area contributed by atoms with Gasteiger partial charge in [0.2, 0.25) is 5.91 Å². The molecule has 0 atom stereocenters. The summed E-state index contributed by atoms with van der Waals surface area (Å²) in [6.45, 7) is 7.23. The monoisotopic (exact) mass is 517 g/mol. The number of carbonyl (C=O) groups is 1. The molecular weight excluding hydrogens is 486 g/mol. The fraction of sp³-hybridized carbons (Fsp3) is 0.500. The van der Waals surface area contributed by atoms with Crippen molar-refractivity contribution in [2.45, 2.75) is 25.5 Å². The maximum atomic E-state index is 13.2. The molecule has 0 aliphatic carbocycles. The van der Waals surface area contributed by atoms with Gasteiger partial charge in [0, 0.05) is 27.2 Å². The quantitative estimate of drug-likeness (QED) is 0.390. The molecule has 1 saturated heterocycles. The number of amides is 1. The Bertz CT molecular complexity index is 1370. The van der Waals surface area contributed by atoms with Gasteiger partial charge in [-0.3, -0.25) is 18.7 Å². The van der Waals surface area contributed by atoms with E-state index in [1.165, 1.54) is 23.4 Å². The summed E-state index contributed by atoms with van der Waals surface area (Å²) in [6, 6.07) is 5.62. The number of imidazole rings is 1. The smallest absolute Gasteiger partial charge is 0.332 e. The van der Waals surface area contributed by atoms with Crippen molar-refractivity contribution >= 4 is 28.8 Å². The van der Waals surface area contributed by atoms with Crippen LogP contribution in [0, 0.1) is 0 Å². The lowest BCUT2D eigenvalue weighted by molar-refractivity contribution is -0.132. The van der Waals surface area contributed by atoms with Crippen molar-refractivity contribution in [1.82, 2.24) is 23.6 Å². The maximum absolute atomic E-state index is 13.2. The van der Waals surface area contributed by atoms with Crippen molar-refractivity contribution in [2.75, 3.05) is 45.3 Å². The van der Waals surface area contributed by atoms with Crippen LogP contribution in [0.3, 0.4) is 0 Å². The molecule has 4 rings (SSSR count). The van der Waals surface area contributed by atoms with Crippen LogP contribution >= 0.6 is 11.8 Å². The van der Waals surface area contributed by atoms with Gasteiger partial charge in [-0.2, -0.15) is 0 Å². The SMILES string of the molecule is CCOc1ccc(Cn2c(SCC(=O)N3CCOCC3)nc3c2c(=O)n(C)c(=O)n3C)cc1OCC. The summed E-state index contributed by atoms with van der Waals surface area (Å²) in [5.74, 6) is 1.38. The fourth-order valence-corrected chi connectivity index (χ4v) is 4.99. The molecule has 0 bridgehead atoms. The van der Waals surface area contributed by atoms with Crippen LogP contribution in [0.25, 0.3) is 11.2 Å². The summed E-state index contributed by atoms with van der Waals surface area (Å²) >= 11 is 1.25. The first-order valence-corrected chi connectivity index (χ1v) is 12.9. The molecule has 1 aliphatic rings. The summed E-state index contributed by atoms with van der Waals surface area (Å²) in [5, 5.41) is 0.483. The van der Waals surface area contributed by atoms with Crippen LogP contribution in [0.2, 0.25) is 0 Å². The third kappa shape index (κ3) is 5.14. The molecule has 194 valence electrons. The Hall–Kier alpha value is -3.25. The fourth-order valence-electron chi connectivity index (χ4n) is 4.09. The van der Waals surface area contributed by atoms with E-state index in [0.29, 0.717) is 68.2 Å². The molecule has 36 heavy (non-hydrogen) atoms. The molecule has 1 aliphatic heterocycles. The van der Waals surface area contributed by atoms with Gasteiger partial charge in [0.1, 0.15) is 0 Å². The second-order valence-electron chi connectivity index (χ2n) is 8.29. The average Bonchev–Trinajstić information content (AvgIpc) is 3.25. The van der Waals surface area contributed by atoms with Gasteiger partial charge in [-0.25, -0.2) is 9.78 Å². The molecule has 3 heterocycles. The van der Waals surface area contributed by atoms with Crippen molar-refractivity contribution in [3.05, 3.63) is 44.6 Å². The zero-order valence-electron chi connectivity index (χ0n) is 21.0. The summed E-state index contributed by atoms with van der Waals surface area (Å²) in [6.07, 6.45) is 0. The molecule has 3 aromatic rings. The van der Waals surface area contributed by atoms with Crippen molar-refractivity contribution in [2.24, 2.45) is 14.1 Å². The number of benzene rings is 1. The number of hydrogen-bond donors (Lipinski definition) is 0. The highest BCUT2D eigenvalue weighted by Gasteiger charge is 2.23. The minimum Gasteiger partial charge on any atom is -0.490 e. The molecule has 11 nitrogen and oxygen atoms in total. The zero-order chi connectivity index (χ0) is 25.8. The predicted octanol–water partition coefficient (Wildman–Crippen LogP) is 1.23. The van der Waals surface area contributed by atoms with E-state index in [9.17, 15) is 14.4 Å². The van der Waals surface area contributed by atoms with Crippen LogP contribution in [0.15, 0.2) is 32.9 Å². The molecule has 12 heteroatoms. The van der Waals surface area contributed by atoms with Gasteiger partial charge < -0.3 is 23.7 Å². The van der Waals surface area contributed by atoms with E-state index < -0.39 is 11.2 Å². The molecule has 0 spiro atoms. The number of rotatable bonds is 9. The summed E-state index contributed by atoms with van der Waals surface area (Å²) in [5.41, 5.74) is 0.535. The number of aryl methyl sites for hydroxylation is 1. The van der Waals surface area contributed by atoms with Crippen molar-refractivity contribution in [3.63, 3.8) is 0 Å². The van der Waals surface area contributed by atoms with Crippen LogP contribution in [-0.4, -0.2) is 74.8 Å². The van der Waals surface area contributed by atoms with E-state index in [1.807, 2.05) is 32.0 Å². The van der Waals surface area contributed by atoms with E-state index in [2.05, 4.69) is 4.98 Å². The normalized spacial score (nSPS) is 13.8. The Labute approximate surface area is 212 Å². The van der Waals surface area contributed by atoms with Crippen LogP contribution in [-0.2, 0) is 30.2 Å². The van der Waals surface area contributed by atoms with Crippen LogP contribution in [0.5, 0.6) is 11.5 Å². The number of hydrogen-bond acceptors (Lipinski definition) is 8. The van der Waals surface area contributed by atoms with Gasteiger partial charge in [0.15, 0.2) is 27.8 Å². The average molecular weight is 518 g/mol. The molecular formula is C24H31N5O6S. The number of nitrogens with zero attached hydrogens (tertiary/aromatic N) is 5. The predicted molar refractivity (Wildman–Crippen MR) is 136 cm³/mol. The van der Waals surface area contributed by atoms with E-state index in [0.717, 1.165) is 10.1 Å². The molecule has 1 amide bonds. The Morgan fingerprint density at radius 2 is 1.75 bits per heavy atom. The number of ether oxygens (including phenoxy) is 3. The van der Waals surface area contributed by atoms with E-state index in [-0.39, 0.29) is 17.3 Å². The Balaban J connectivity index is 1.74. The molecule has 2 aromatic heterocycles. The van der Waals surface area contributed by atoms with Gasteiger partial charge in [0.05, 0.1) is 38.7 Å². The van der Waals surface area contributed by atoms with Crippen molar-refractivity contribution in [3.8, 4) is 11.5 Å². The number of carbonyl (C=O) groups excluding carboxylic acids is 1. The van der Waals surface area contributed by atoms with Gasteiger partial charge in [-0.15, -0.1) is 0 Å². The second kappa shape index (κ2) is 11.2. The Morgan fingerprint density at radius 3 is 2.44 bits per heavy atom. The summed E-state index contributed by atoms with van der Waals surface area (Å²) in [7, 11) is 3.03. The Kier molecular flexibility index (Phi) is 8.04. The summed E-state index contributed by atoms with van der Waals surface area (Å²) < 4.78 is 20.9. The van der Waals surface area contributed by atoms with Gasteiger partial charge >= 0.3 is 5.69 Å². The van der Waals surface area contributed by atoms with Crippen LogP contribution in [0.4, 0.5) is 0 Å². The maximum Gasteiger partial charge on any atom is 0.332 e. The first-order chi connectivity index (χ1) is 17.3. The van der Waals surface area contributed by atoms with Gasteiger partial charge in [-0.05, 0) is 31.5 Å². The molecule has 1 aromatic carbocycles. The van der Waals surface area contributed by atoms with Gasteiger partial charge in [0.25, 0.3) is 5.56 Å². The highest BCUT2D eigenvalue weighted by atomic mass is 32.2. The summed E-state index contributed by atoms with van der Waals surface area (Å²) in [4.78, 5) is 44.9. The lowest BCUT2D eigenvalue weighted by Crippen LogP contribution is -2.41. The minimum atomic E-state index is -0.460. The molecule has 0 N–H and O–H groups in total. The molecule has 0 unspecified atom stereocenters. The first-order valence-electron chi connectivity index (χ1n) is 11.9. The minimum absolute atomic E-state index is 0.0246. The molecule has 1 fully saturated rings. The third-order valence-corrected chi connectivity index (χ3v) is 6.91. The highest BCUT2D eigenvalue weighted by Crippen LogP contribution is 2.30. The lowest BCUT2D eigenvalue weighted by atomic mass is 10.2. The van der Waals surface area contributed by atoms with E-state index in [1.54, 1.807) is 16.5 Å². The number of fused-ring (bicyclic) bond motifs is 1. The van der Waals surface area contributed by atoms with Crippen molar-refractivity contribution < 1.29 is 19.0 Å².